The number of ether oxygens (including phenoxy) is 1. The van der Waals surface area contributed by atoms with Crippen LogP contribution < -0.4 is 21.5 Å². The van der Waals surface area contributed by atoms with Gasteiger partial charge in [-0.3, -0.25) is 10.1 Å². The van der Waals surface area contributed by atoms with Gasteiger partial charge in [0.2, 0.25) is 0 Å². The molecule has 5 N–H and O–H groups in total. The highest BCUT2D eigenvalue weighted by molar-refractivity contribution is 5.95. The lowest BCUT2D eigenvalue weighted by Crippen LogP contribution is -2.38. The monoisotopic (exact) mass is 287 g/mol. The molecule has 6 nitrogen and oxygen atoms in total. The van der Waals surface area contributed by atoms with Gasteiger partial charge in [-0.1, -0.05) is 36.4 Å². The number of amides is 3. The number of nitrogens with two attached hydrogens (primary N) is 2. The van der Waals surface area contributed by atoms with Gasteiger partial charge >= 0.3 is 6.03 Å². The first-order valence-corrected chi connectivity index (χ1v) is 6.48. The zero-order valence-electron chi connectivity index (χ0n) is 11.6. The summed E-state index contributed by atoms with van der Waals surface area (Å²) in [5.74, 6) is -0.0613. The third-order valence-corrected chi connectivity index (χ3v) is 3.01. The Morgan fingerprint density at radius 2 is 1.95 bits per heavy atom. The van der Waals surface area contributed by atoms with E-state index in [0.717, 1.165) is 16.3 Å². The number of nitrogens with one attached hydrogen (secondary N) is 1. The van der Waals surface area contributed by atoms with E-state index in [9.17, 15) is 9.59 Å². The van der Waals surface area contributed by atoms with E-state index in [1.54, 1.807) is 0 Å². The molecule has 0 saturated carbocycles. The van der Waals surface area contributed by atoms with Crippen LogP contribution >= 0.6 is 0 Å². The second kappa shape index (κ2) is 6.23. The summed E-state index contributed by atoms with van der Waals surface area (Å²) in [6, 6.07) is 10.3. The molecule has 0 aliphatic heterocycles. The summed E-state index contributed by atoms with van der Waals surface area (Å²) < 4.78 is 5.57. The first kappa shape index (κ1) is 14.8. The average molecular weight is 287 g/mol. The SMILES string of the molecule is C[C@@H](N)c1ccc2ccccc2c1OCC(=O)NC(N)=O. The largest absolute Gasteiger partial charge is 0.483 e. The molecule has 21 heavy (non-hydrogen) atoms. The number of rotatable bonds is 4. The minimum Gasteiger partial charge on any atom is -0.483 e. The van der Waals surface area contributed by atoms with Gasteiger partial charge in [-0.25, -0.2) is 4.79 Å². The van der Waals surface area contributed by atoms with Gasteiger partial charge < -0.3 is 16.2 Å². The Hall–Kier alpha value is -2.60. The molecule has 0 unspecified atom stereocenters. The highest BCUT2D eigenvalue weighted by atomic mass is 16.5. The van der Waals surface area contributed by atoms with E-state index in [0.29, 0.717) is 5.75 Å². The third-order valence-electron chi connectivity index (χ3n) is 3.01. The quantitative estimate of drug-likeness (QED) is 0.790. The molecule has 0 heterocycles. The molecule has 110 valence electrons. The molecule has 0 aromatic heterocycles. The summed E-state index contributed by atoms with van der Waals surface area (Å²) >= 11 is 0. The zero-order chi connectivity index (χ0) is 15.4. The second-order valence-electron chi connectivity index (χ2n) is 4.69. The average Bonchev–Trinajstić information content (AvgIpc) is 2.43. The van der Waals surface area contributed by atoms with Crippen molar-refractivity contribution in [3.05, 3.63) is 42.0 Å². The molecule has 6 heteroatoms. The zero-order valence-corrected chi connectivity index (χ0v) is 11.6. The fourth-order valence-corrected chi connectivity index (χ4v) is 2.09. The summed E-state index contributed by atoms with van der Waals surface area (Å²) in [6.07, 6.45) is 0. The fraction of sp³-hybridized carbons (Fsp3) is 0.200. The number of hydrogen-bond acceptors (Lipinski definition) is 4. The van der Waals surface area contributed by atoms with E-state index in [4.69, 9.17) is 16.2 Å². The van der Waals surface area contributed by atoms with Crippen LogP contribution in [-0.2, 0) is 4.79 Å². The lowest BCUT2D eigenvalue weighted by molar-refractivity contribution is -0.121. The van der Waals surface area contributed by atoms with Gasteiger partial charge in [0.05, 0.1) is 0 Å². The van der Waals surface area contributed by atoms with Crippen molar-refractivity contribution in [2.75, 3.05) is 6.61 Å². The first-order chi connectivity index (χ1) is 9.99. The van der Waals surface area contributed by atoms with E-state index < -0.39 is 11.9 Å². The van der Waals surface area contributed by atoms with Crippen LogP contribution in [0.3, 0.4) is 0 Å². The highest BCUT2D eigenvalue weighted by Gasteiger charge is 2.14. The predicted octanol–water partition coefficient (Wildman–Crippen LogP) is 1.43. The fourth-order valence-electron chi connectivity index (χ4n) is 2.09. The minimum absolute atomic E-state index is 0.246. The number of imide groups is 1. The van der Waals surface area contributed by atoms with Crippen LogP contribution in [-0.4, -0.2) is 18.5 Å². The van der Waals surface area contributed by atoms with Crippen LogP contribution in [0.15, 0.2) is 36.4 Å². The summed E-state index contributed by atoms with van der Waals surface area (Å²) in [7, 11) is 0. The second-order valence-corrected chi connectivity index (χ2v) is 4.69. The molecule has 2 aromatic carbocycles. The van der Waals surface area contributed by atoms with Gasteiger partial charge in [-0.15, -0.1) is 0 Å². The molecule has 2 aromatic rings. The smallest absolute Gasteiger partial charge is 0.318 e. The number of benzene rings is 2. The molecular weight excluding hydrogens is 270 g/mol. The van der Waals surface area contributed by atoms with Gasteiger partial charge in [0, 0.05) is 17.0 Å². The minimum atomic E-state index is -0.908. The standard InChI is InChI=1S/C15H17N3O3/c1-9(16)11-7-6-10-4-2-3-5-12(10)14(11)21-8-13(19)18-15(17)20/h2-7,9H,8,16H2,1H3,(H3,17,18,19,20)/t9-/m1/s1. The van der Waals surface area contributed by atoms with Crippen LogP contribution in [0.5, 0.6) is 5.75 Å². The van der Waals surface area contributed by atoms with E-state index in [2.05, 4.69) is 0 Å². The molecule has 3 amide bonds. The Kier molecular flexibility index (Phi) is 4.39. The molecule has 0 fully saturated rings. The van der Waals surface area contributed by atoms with Crippen molar-refractivity contribution in [3.8, 4) is 5.75 Å². The van der Waals surface area contributed by atoms with Gasteiger partial charge in [0.15, 0.2) is 6.61 Å². The Morgan fingerprint density at radius 3 is 2.62 bits per heavy atom. The number of hydrogen-bond donors (Lipinski definition) is 3. The van der Waals surface area contributed by atoms with Crippen molar-refractivity contribution in [2.45, 2.75) is 13.0 Å². The predicted molar refractivity (Wildman–Crippen MR) is 79.8 cm³/mol. The number of fused-ring (bicyclic) bond motifs is 1. The van der Waals surface area contributed by atoms with Crippen molar-refractivity contribution < 1.29 is 14.3 Å². The van der Waals surface area contributed by atoms with Crippen LogP contribution in [0.4, 0.5) is 4.79 Å². The summed E-state index contributed by atoms with van der Waals surface area (Å²) in [4.78, 5) is 22.1. The molecule has 0 spiro atoms. The van der Waals surface area contributed by atoms with Crippen LogP contribution in [0.2, 0.25) is 0 Å². The summed E-state index contributed by atoms with van der Waals surface area (Å²) in [6.45, 7) is 1.52. The Balaban J connectivity index is 2.33. The van der Waals surface area contributed by atoms with Gasteiger partial charge in [0.1, 0.15) is 5.75 Å². The molecule has 0 bridgehead atoms. The van der Waals surface area contributed by atoms with Crippen molar-refractivity contribution in [3.63, 3.8) is 0 Å². The maximum atomic E-state index is 11.5. The molecule has 0 aliphatic carbocycles. The van der Waals surface area contributed by atoms with Crippen molar-refractivity contribution in [1.29, 1.82) is 0 Å². The Morgan fingerprint density at radius 1 is 1.24 bits per heavy atom. The van der Waals surface area contributed by atoms with E-state index in [1.165, 1.54) is 0 Å². The van der Waals surface area contributed by atoms with Gasteiger partial charge in [-0.05, 0) is 12.3 Å². The number of urea groups is 1. The Bertz CT molecular complexity index is 683. The lowest BCUT2D eigenvalue weighted by Gasteiger charge is -2.16. The molecule has 0 saturated heterocycles. The topological polar surface area (TPSA) is 107 Å². The first-order valence-electron chi connectivity index (χ1n) is 6.48. The Labute approximate surface area is 122 Å². The number of carbonyl (C=O) groups excluding carboxylic acids is 2. The van der Waals surface area contributed by atoms with Crippen LogP contribution in [0, 0.1) is 0 Å². The van der Waals surface area contributed by atoms with Crippen molar-refractivity contribution in [1.82, 2.24) is 5.32 Å². The third kappa shape index (κ3) is 3.49. The van der Waals surface area contributed by atoms with Gasteiger partial charge in [-0.2, -0.15) is 0 Å². The summed E-state index contributed by atoms with van der Waals surface area (Å²) in [5.41, 5.74) is 11.6. The van der Waals surface area contributed by atoms with E-state index >= 15 is 0 Å². The molecule has 0 radical (unpaired) electrons. The number of primary amides is 1. The van der Waals surface area contributed by atoms with Crippen molar-refractivity contribution >= 4 is 22.7 Å². The summed E-state index contributed by atoms with van der Waals surface area (Å²) in [5, 5.41) is 3.79. The maximum Gasteiger partial charge on any atom is 0.318 e. The molecule has 2 rings (SSSR count). The maximum absolute atomic E-state index is 11.5. The lowest BCUT2D eigenvalue weighted by atomic mass is 10.0. The van der Waals surface area contributed by atoms with Gasteiger partial charge in [0.25, 0.3) is 5.91 Å². The van der Waals surface area contributed by atoms with E-state index in [1.807, 2.05) is 48.6 Å². The number of carbonyl (C=O) groups is 2. The van der Waals surface area contributed by atoms with E-state index in [-0.39, 0.29) is 12.6 Å². The van der Waals surface area contributed by atoms with Crippen LogP contribution in [0.25, 0.3) is 10.8 Å². The molecule has 0 aliphatic rings. The van der Waals surface area contributed by atoms with Crippen molar-refractivity contribution in [2.24, 2.45) is 11.5 Å². The normalized spacial score (nSPS) is 11.9. The molecular formula is C15H17N3O3. The molecule has 1 atom stereocenters. The van der Waals surface area contributed by atoms with Crippen LogP contribution in [0.1, 0.15) is 18.5 Å². The highest BCUT2D eigenvalue weighted by Crippen LogP contribution is 2.32.